The van der Waals surface area contributed by atoms with E-state index in [1.165, 1.54) is 0 Å². The monoisotopic (exact) mass is 656 g/mol. The Bertz CT molecular complexity index is 1530. The van der Waals surface area contributed by atoms with Gasteiger partial charge >= 0.3 is 0 Å². The van der Waals surface area contributed by atoms with Crippen molar-refractivity contribution in [2.24, 2.45) is 5.92 Å². The summed E-state index contributed by atoms with van der Waals surface area (Å²) in [5.41, 5.74) is 1.82. The van der Waals surface area contributed by atoms with E-state index in [-0.39, 0.29) is 49.9 Å². The normalized spacial score (nSPS) is 19.7. The van der Waals surface area contributed by atoms with Crippen LogP contribution in [-0.2, 0) is 32.0 Å². The third kappa shape index (κ3) is 11.2. The van der Waals surface area contributed by atoms with E-state index < -0.39 is 48.2 Å². The lowest BCUT2D eigenvalue weighted by atomic mass is 10.0. The lowest BCUT2D eigenvalue weighted by Crippen LogP contribution is -2.56. The van der Waals surface area contributed by atoms with Crippen molar-refractivity contribution in [3.8, 4) is 5.75 Å². The number of nitrogens with one attached hydrogen (secondary N) is 5. The van der Waals surface area contributed by atoms with Gasteiger partial charge in [-0.25, -0.2) is 0 Å². The minimum absolute atomic E-state index is 0.0159. The molecule has 2 aromatic carbocycles. The smallest absolute Gasteiger partial charge is 0.255 e. The average molecular weight is 657 g/mol. The quantitative estimate of drug-likeness (QED) is 0.248. The molecule has 0 saturated heterocycles. The molecule has 0 fully saturated rings. The van der Waals surface area contributed by atoms with Gasteiger partial charge in [-0.2, -0.15) is 0 Å². The predicted octanol–water partition coefficient (Wildman–Crippen LogP) is 2.09. The third-order valence-electron chi connectivity index (χ3n) is 7.70. The molecule has 12 nitrogen and oxygen atoms in total. The van der Waals surface area contributed by atoms with Gasteiger partial charge in [-0.1, -0.05) is 62.4 Å². The number of para-hydroxylation sites is 1. The fourth-order valence-electron chi connectivity index (χ4n) is 5.27. The lowest BCUT2D eigenvalue weighted by Gasteiger charge is -2.25. The summed E-state index contributed by atoms with van der Waals surface area (Å²) in [6.07, 6.45) is 2.64. The van der Waals surface area contributed by atoms with E-state index in [4.69, 9.17) is 4.74 Å². The van der Waals surface area contributed by atoms with Gasteiger partial charge in [0.25, 0.3) is 5.91 Å². The van der Waals surface area contributed by atoms with Gasteiger partial charge in [-0.05, 0) is 48.6 Å². The summed E-state index contributed by atoms with van der Waals surface area (Å²) in [6, 6.07) is 18.3. The number of pyridine rings is 1. The highest BCUT2D eigenvalue weighted by Crippen LogP contribution is 2.19. The van der Waals surface area contributed by atoms with Crippen molar-refractivity contribution in [2.45, 2.75) is 64.1 Å². The molecule has 4 rings (SSSR count). The highest BCUT2D eigenvalue weighted by Gasteiger charge is 2.31. The molecular weight excluding hydrogens is 612 g/mol. The standard InChI is InChI=1S/C36H44N6O6/c1-24(2)21-28-36(47)42-29(22-25-11-4-3-5-12-25)34(45)38-18-10-20-48-31-15-7-6-14-27(31)33(44)41-30(23-32(43)40-28)35(46)39-19-16-26-13-8-9-17-37-26/h3-9,11-15,17,24,28-30H,10,16,18-23H2,1-2H3,(H,38,45)(H,39,46)(H,40,43)(H,41,44)(H,42,47)/t28-,29-,30-/m0/s1. The van der Waals surface area contributed by atoms with Crippen LogP contribution >= 0.6 is 0 Å². The molecule has 5 amide bonds. The van der Waals surface area contributed by atoms with E-state index in [0.29, 0.717) is 18.6 Å². The molecule has 3 aromatic rings. The molecule has 2 heterocycles. The second-order valence-corrected chi connectivity index (χ2v) is 12.1. The van der Waals surface area contributed by atoms with E-state index in [0.717, 1.165) is 11.3 Å². The molecule has 254 valence electrons. The van der Waals surface area contributed by atoms with Crippen molar-refractivity contribution in [3.63, 3.8) is 0 Å². The predicted molar refractivity (Wildman–Crippen MR) is 180 cm³/mol. The summed E-state index contributed by atoms with van der Waals surface area (Å²) >= 11 is 0. The molecule has 0 spiro atoms. The van der Waals surface area contributed by atoms with Crippen LogP contribution in [0.4, 0.5) is 0 Å². The first-order chi connectivity index (χ1) is 23.2. The number of ether oxygens (including phenoxy) is 1. The fourth-order valence-corrected chi connectivity index (χ4v) is 5.27. The van der Waals surface area contributed by atoms with Crippen LogP contribution in [-0.4, -0.2) is 72.3 Å². The number of hydrogen-bond acceptors (Lipinski definition) is 7. The number of carbonyl (C=O) groups is 5. The van der Waals surface area contributed by atoms with Gasteiger partial charge in [0.2, 0.25) is 23.6 Å². The zero-order chi connectivity index (χ0) is 34.3. The SMILES string of the molecule is CC(C)C[C@@H]1NC(=O)C[C@@H](C(=O)NCCc2ccccn2)NC(=O)c2ccccc2OCCCNC(=O)[C@H](Cc2ccccc2)NC1=O. The van der Waals surface area contributed by atoms with Gasteiger partial charge in [-0.15, -0.1) is 0 Å². The van der Waals surface area contributed by atoms with E-state index in [2.05, 4.69) is 31.6 Å². The highest BCUT2D eigenvalue weighted by molar-refractivity contribution is 6.01. The summed E-state index contributed by atoms with van der Waals surface area (Å²) in [4.78, 5) is 71.6. The van der Waals surface area contributed by atoms with Gasteiger partial charge in [0.15, 0.2) is 0 Å². The number of hydrogen-bond donors (Lipinski definition) is 5. The first-order valence-corrected chi connectivity index (χ1v) is 16.3. The Morgan fingerprint density at radius 1 is 0.896 bits per heavy atom. The summed E-state index contributed by atoms with van der Waals surface area (Å²) in [7, 11) is 0. The summed E-state index contributed by atoms with van der Waals surface area (Å²) in [6.45, 7) is 4.51. The Labute approximate surface area is 280 Å². The molecule has 1 aliphatic heterocycles. The van der Waals surface area contributed by atoms with Crippen molar-refractivity contribution in [2.75, 3.05) is 19.7 Å². The largest absolute Gasteiger partial charge is 0.493 e. The molecule has 0 aliphatic carbocycles. The molecule has 3 atom stereocenters. The van der Waals surface area contributed by atoms with Gasteiger partial charge in [0.05, 0.1) is 18.6 Å². The zero-order valence-electron chi connectivity index (χ0n) is 27.4. The zero-order valence-corrected chi connectivity index (χ0v) is 27.4. The van der Waals surface area contributed by atoms with E-state index in [1.54, 1.807) is 36.5 Å². The van der Waals surface area contributed by atoms with Crippen LogP contribution in [0.5, 0.6) is 5.75 Å². The maximum Gasteiger partial charge on any atom is 0.255 e. The van der Waals surface area contributed by atoms with E-state index in [9.17, 15) is 24.0 Å². The number of amides is 5. The van der Waals surface area contributed by atoms with Crippen molar-refractivity contribution in [1.29, 1.82) is 0 Å². The minimum Gasteiger partial charge on any atom is -0.493 e. The fraction of sp³-hybridized carbons (Fsp3) is 0.389. The molecule has 12 heteroatoms. The second-order valence-electron chi connectivity index (χ2n) is 12.1. The summed E-state index contributed by atoms with van der Waals surface area (Å²) in [5.74, 6) is -2.35. The van der Waals surface area contributed by atoms with E-state index in [1.807, 2.05) is 56.3 Å². The molecule has 0 saturated carbocycles. The number of nitrogens with zero attached hydrogens (tertiary/aromatic N) is 1. The Balaban J connectivity index is 1.58. The second kappa shape index (κ2) is 18.2. The topological polar surface area (TPSA) is 168 Å². The number of benzene rings is 2. The molecule has 5 N–H and O–H groups in total. The van der Waals surface area contributed by atoms with Crippen LogP contribution in [0.15, 0.2) is 79.0 Å². The van der Waals surface area contributed by atoms with Crippen LogP contribution in [0.25, 0.3) is 0 Å². The molecule has 0 radical (unpaired) electrons. The van der Waals surface area contributed by atoms with E-state index >= 15 is 0 Å². The van der Waals surface area contributed by atoms with Crippen LogP contribution in [0.1, 0.15) is 54.7 Å². The van der Waals surface area contributed by atoms with Crippen molar-refractivity contribution in [3.05, 3.63) is 95.8 Å². The number of aromatic nitrogens is 1. The maximum atomic E-state index is 13.6. The molecule has 0 bridgehead atoms. The number of rotatable bonds is 8. The Hall–Kier alpha value is -5.26. The molecular formula is C36H44N6O6. The highest BCUT2D eigenvalue weighted by atomic mass is 16.5. The summed E-state index contributed by atoms with van der Waals surface area (Å²) < 4.78 is 5.89. The van der Waals surface area contributed by atoms with Crippen LogP contribution in [0.3, 0.4) is 0 Å². The van der Waals surface area contributed by atoms with Crippen LogP contribution in [0.2, 0.25) is 0 Å². The number of fused-ring (bicyclic) bond motifs is 1. The third-order valence-corrected chi connectivity index (χ3v) is 7.70. The molecule has 1 aromatic heterocycles. The first-order valence-electron chi connectivity index (χ1n) is 16.3. The van der Waals surface area contributed by atoms with Crippen molar-refractivity contribution in [1.82, 2.24) is 31.6 Å². The maximum absolute atomic E-state index is 13.6. The first kappa shape index (κ1) is 35.6. The Kier molecular flexibility index (Phi) is 13.5. The van der Waals surface area contributed by atoms with Gasteiger partial charge in [0.1, 0.15) is 23.9 Å². The summed E-state index contributed by atoms with van der Waals surface area (Å²) in [5, 5.41) is 14.0. The van der Waals surface area contributed by atoms with Gasteiger partial charge < -0.3 is 31.3 Å². The van der Waals surface area contributed by atoms with Crippen molar-refractivity contribution < 1.29 is 28.7 Å². The Morgan fingerprint density at radius 2 is 1.65 bits per heavy atom. The average Bonchev–Trinajstić information content (AvgIpc) is 3.07. The number of carbonyl (C=O) groups excluding carboxylic acids is 5. The molecule has 48 heavy (non-hydrogen) atoms. The lowest BCUT2D eigenvalue weighted by molar-refractivity contribution is -0.133. The van der Waals surface area contributed by atoms with Crippen LogP contribution < -0.4 is 31.3 Å². The van der Waals surface area contributed by atoms with Crippen LogP contribution in [0, 0.1) is 5.92 Å². The van der Waals surface area contributed by atoms with Gasteiger partial charge in [-0.3, -0.25) is 29.0 Å². The van der Waals surface area contributed by atoms with Gasteiger partial charge in [0, 0.05) is 37.8 Å². The Morgan fingerprint density at radius 3 is 2.40 bits per heavy atom. The molecule has 1 aliphatic rings. The minimum atomic E-state index is -1.26. The van der Waals surface area contributed by atoms with Crippen molar-refractivity contribution >= 4 is 29.5 Å². The molecule has 0 unspecified atom stereocenters.